The lowest BCUT2D eigenvalue weighted by molar-refractivity contribution is -0.137. The molecular formula is C20H21F3N4O2S. The molecule has 0 aliphatic rings. The van der Waals surface area contributed by atoms with E-state index in [9.17, 15) is 21.6 Å². The summed E-state index contributed by atoms with van der Waals surface area (Å²) in [6.07, 6.45) is -1.03. The minimum Gasteiger partial charge on any atom is -0.380 e. The number of alkyl halides is 3. The van der Waals surface area contributed by atoms with E-state index >= 15 is 0 Å². The number of anilines is 1. The number of hydrogen-bond donors (Lipinski definition) is 1. The highest BCUT2D eigenvalue weighted by atomic mass is 32.2. The fourth-order valence-corrected chi connectivity index (χ4v) is 3.75. The molecule has 6 nitrogen and oxygen atoms in total. The standard InChI is InChI=1S/C20H21F3N4O2S/c1-26(2)30(28,29)16-8-9-18(17(10-16)19-12-27(3)13-25-19)24-11-14-4-6-15(7-5-14)20(21,22)23/h4-10,12-13,24H,11H2,1-3H3. The summed E-state index contributed by atoms with van der Waals surface area (Å²) in [4.78, 5) is 4.42. The Hall–Kier alpha value is -2.85. The topological polar surface area (TPSA) is 67.2 Å². The van der Waals surface area contributed by atoms with Crippen LogP contribution in [0.25, 0.3) is 11.3 Å². The van der Waals surface area contributed by atoms with Gasteiger partial charge in [0.1, 0.15) is 0 Å². The molecule has 0 saturated heterocycles. The van der Waals surface area contributed by atoms with Crippen LogP contribution in [0.15, 0.2) is 59.9 Å². The Morgan fingerprint density at radius 1 is 1.10 bits per heavy atom. The Morgan fingerprint density at radius 3 is 2.30 bits per heavy atom. The smallest absolute Gasteiger partial charge is 0.380 e. The fraction of sp³-hybridized carbons (Fsp3) is 0.250. The monoisotopic (exact) mass is 438 g/mol. The van der Waals surface area contributed by atoms with Crippen LogP contribution in [0.5, 0.6) is 0 Å². The zero-order valence-electron chi connectivity index (χ0n) is 16.6. The second-order valence-electron chi connectivity index (χ2n) is 6.97. The molecule has 0 amide bonds. The van der Waals surface area contributed by atoms with Crippen molar-refractivity contribution in [3.05, 3.63) is 66.1 Å². The molecule has 160 valence electrons. The normalized spacial score (nSPS) is 12.4. The lowest BCUT2D eigenvalue weighted by atomic mass is 10.1. The molecule has 1 N–H and O–H groups in total. The van der Waals surface area contributed by atoms with Crippen molar-refractivity contribution in [1.29, 1.82) is 0 Å². The third-order valence-electron chi connectivity index (χ3n) is 4.51. The van der Waals surface area contributed by atoms with Crippen molar-refractivity contribution in [2.45, 2.75) is 17.6 Å². The van der Waals surface area contributed by atoms with Crippen LogP contribution in [0.2, 0.25) is 0 Å². The number of nitrogens with zero attached hydrogens (tertiary/aromatic N) is 3. The first-order valence-electron chi connectivity index (χ1n) is 8.93. The summed E-state index contributed by atoms with van der Waals surface area (Å²) < 4.78 is 66.1. The van der Waals surface area contributed by atoms with E-state index in [1.54, 1.807) is 30.2 Å². The van der Waals surface area contributed by atoms with Gasteiger partial charge in [-0.3, -0.25) is 0 Å². The van der Waals surface area contributed by atoms with Crippen molar-refractivity contribution in [2.75, 3.05) is 19.4 Å². The summed E-state index contributed by atoms with van der Waals surface area (Å²) in [5.41, 5.74) is 1.71. The molecule has 0 saturated carbocycles. The number of hydrogen-bond acceptors (Lipinski definition) is 4. The van der Waals surface area contributed by atoms with Gasteiger partial charge in [0, 0.05) is 45.1 Å². The van der Waals surface area contributed by atoms with Crippen molar-refractivity contribution in [3.8, 4) is 11.3 Å². The van der Waals surface area contributed by atoms with Gasteiger partial charge >= 0.3 is 6.18 Å². The van der Waals surface area contributed by atoms with Crippen LogP contribution in [0.3, 0.4) is 0 Å². The minimum absolute atomic E-state index is 0.119. The summed E-state index contributed by atoms with van der Waals surface area (Å²) in [5, 5.41) is 3.16. The molecule has 0 unspecified atom stereocenters. The van der Waals surface area contributed by atoms with Gasteiger partial charge < -0.3 is 9.88 Å². The van der Waals surface area contributed by atoms with Gasteiger partial charge in [-0.05, 0) is 35.9 Å². The number of halogens is 3. The molecule has 1 heterocycles. The molecule has 0 bridgehead atoms. The van der Waals surface area contributed by atoms with Crippen molar-refractivity contribution in [2.24, 2.45) is 7.05 Å². The van der Waals surface area contributed by atoms with Crippen molar-refractivity contribution < 1.29 is 21.6 Å². The van der Waals surface area contributed by atoms with Gasteiger partial charge in [-0.25, -0.2) is 17.7 Å². The van der Waals surface area contributed by atoms with Crippen LogP contribution in [-0.4, -0.2) is 36.4 Å². The highest BCUT2D eigenvalue weighted by molar-refractivity contribution is 7.89. The maximum absolute atomic E-state index is 12.7. The second-order valence-corrected chi connectivity index (χ2v) is 9.12. The van der Waals surface area contributed by atoms with Gasteiger partial charge in [0.2, 0.25) is 10.0 Å². The molecule has 0 fully saturated rings. The highest BCUT2D eigenvalue weighted by Gasteiger charge is 2.29. The molecular weight excluding hydrogens is 417 g/mol. The molecule has 0 aliphatic carbocycles. The quantitative estimate of drug-likeness (QED) is 0.633. The summed E-state index contributed by atoms with van der Waals surface area (Å²) in [5.74, 6) is 0. The van der Waals surface area contributed by atoms with Crippen LogP contribution in [0, 0.1) is 0 Å². The number of aryl methyl sites for hydroxylation is 1. The fourth-order valence-electron chi connectivity index (χ4n) is 2.82. The van der Waals surface area contributed by atoms with E-state index in [1.165, 1.54) is 38.4 Å². The molecule has 0 atom stereocenters. The zero-order chi connectivity index (χ0) is 22.1. The van der Waals surface area contributed by atoms with Gasteiger partial charge in [-0.1, -0.05) is 12.1 Å². The number of sulfonamides is 1. The van der Waals surface area contributed by atoms with Gasteiger partial charge in [0.25, 0.3) is 0 Å². The summed E-state index contributed by atoms with van der Waals surface area (Å²) in [6.45, 7) is 0.262. The molecule has 10 heteroatoms. The van der Waals surface area contributed by atoms with E-state index in [4.69, 9.17) is 0 Å². The van der Waals surface area contributed by atoms with Gasteiger partial charge in [-0.2, -0.15) is 13.2 Å². The first-order valence-corrected chi connectivity index (χ1v) is 10.4. The Labute approximate surface area is 173 Å². The van der Waals surface area contributed by atoms with E-state index in [0.29, 0.717) is 22.5 Å². The largest absolute Gasteiger partial charge is 0.416 e. The molecule has 3 rings (SSSR count). The lowest BCUT2D eigenvalue weighted by Gasteiger charge is -2.16. The van der Waals surface area contributed by atoms with Crippen LogP contribution >= 0.6 is 0 Å². The molecule has 30 heavy (non-hydrogen) atoms. The van der Waals surface area contributed by atoms with Crippen LogP contribution in [-0.2, 0) is 29.8 Å². The van der Waals surface area contributed by atoms with Crippen LogP contribution < -0.4 is 5.32 Å². The van der Waals surface area contributed by atoms with Gasteiger partial charge in [-0.15, -0.1) is 0 Å². The summed E-state index contributed by atoms with van der Waals surface area (Å²) in [6, 6.07) is 9.52. The maximum atomic E-state index is 12.7. The minimum atomic E-state index is -4.38. The predicted octanol–water partition coefficient (Wildman–Crippen LogP) is 3.97. The number of rotatable bonds is 6. The average Bonchev–Trinajstić information content (AvgIpc) is 3.12. The third-order valence-corrected chi connectivity index (χ3v) is 6.33. The SMILES string of the molecule is CN(C)S(=O)(=O)c1ccc(NCc2ccc(C(F)(F)F)cc2)c(-c2cn(C)cn2)c1. The van der Waals surface area contributed by atoms with Crippen LogP contribution in [0.4, 0.5) is 18.9 Å². The predicted molar refractivity (Wildman–Crippen MR) is 108 cm³/mol. The molecule has 0 radical (unpaired) electrons. The van der Waals surface area contributed by atoms with Crippen LogP contribution in [0.1, 0.15) is 11.1 Å². The van der Waals surface area contributed by atoms with E-state index in [2.05, 4.69) is 10.3 Å². The molecule has 0 aliphatic heterocycles. The summed E-state index contributed by atoms with van der Waals surface area (Å²) >= 11 is 0. The van der Waals surface area contributed by atoms with E-state index in [1.807, 2.05) is 0 Å². The second kappa shape index (κ2) is 8.11. The Morgan fingerprint density at radius 2 is 1.77 bits per heavy atom. The van der Waals surface area contributed by atoms with Crippen molar-refractivity contribution in [1.82, 2.24) is 13.9 Å². The van der Waals surface area contributed by atoms with E-state index in [-0.39, 0.29) is 11.4 Å². The number of benzene rings is 2. The molecule has 0 spiro atoms. The summed E-state index contributed by atoms with van der Waals surface area (Å²) in [7, 11) is 1.06. The molecule has 2 aromatic carbocycles. The molecule has 1 aromatic heterocycles. The lowest BCUT2D eigenvalue weighted by Crippen LogP contribution is -2.22. The Bertz CT molecular complexity index is 1140. The highest BCUT2D eigenvalue weighted by Crippen LogP contribution is 2.32. The number of aromatic nitrogens is 2. The van der Waals surface area contributed by atoms with Gasteiger partial charge in [0.15, 0.2) is 0 Å². The first-order chi connectivity index (χ1) is 14.0. The van der Waals surface area contributed by atoms with E-state index in [0.717, 1.165) is 16.4 Å². The third kappa shape index (κ3) is 4.65. The van der Waals surface area contributed by atoms with Gasteiger partial charge in [0.05, 0.1) is 22.5 Å². The van der Waals surface area contributed by atoms with Crippen molar-refractivity contribution >= 4 is 15.7 Å². The van der Waals surface area contributed by atoms with Crippen molar-refractivity contribution in [3.63, 3.8) is 0 Å². The zero-order valence-corrected chi connectivity index (χ0v) is 17.4. The maximum Gasteiger partial charge on any atom is 0.416 e. The Balaban J connectivity index is 1.92. The molecule has 3 aromatic rings. The van der Waals surface area contributed by atoms with E-state index < -0.39 is 21.8 Å². The average molecular weight is 438 g/mol. The first kappa shape index (κ1) is 21.8. The number of nitrogens with one attached hydrogen (secondary N) is 1. The Kier molecular flexibility index (Phi) is 5.91. The number of imidazole rings is 1.